The predicted molar refractivity (Wildman–Crippen MR) is 136 cm³/mol. The maximum atomic E-state index is 15.2. The highest BCUT2D eigenvalue weighted by molar-refractivity contribution is 6.35. The second-order valence-electron chi connectivity index (χ2n) is 7.89. The lowest BCUT2D eigenvalue weighted by Gasteiger charge is -2.18. The zero-order valence-corrected chi connectivity index (χ0v) is 20.5. The van der Waals surface area contributed by atoms with Crippen molar-refractivity contribution in [1.82, 2.24) is 13.7 Å². The van der Waals surface area contributed by atoms with Crippen LogP contribution in [0.3, 0.4) is 0 Å². The minimum atomic E-state index is -1.07. The van der Waals surface area contributed by atoms with Crippen LogP contribution < -0.4 is 27.5 Å². The molecule has 0 aliphatic carbocycles. The Kier molecular flexibility index (Phi) is 7.44. The molecule has 4 rings (SSSR count). The molecule has 0 saturated heterocycles. The summed E-state index contributed by atoms with van der Waals surface area (Å²) in [7, 11) is 1.25. The maximum absolute atomic E-state index is 15.2. The molecule has 8 nitrogen and oxygen atoms in total. The van der Waals surface area contributed by atoms with Crippen molar-refractivity contribution in [2.45, 2.75) is 19.1 Å². The standard InChI is InChI=1S/C25H21Cl2FN4O4/c1-36-21-12-6-11-20(22(21)28)32-24(34)30(13-16-17(26)9-5-10-18(16)27)23(33)31(25(32)35)14-19(29)15-7-3-2-4-8-15/h2-12,19H,13-14,29H2,1H3/t19-/m1/s1. The number of benzene rings is 3. The first kappa shape index (κ1) is 25.4. The van der Waals surface area contributed by atoms with E-state index in [1.165, 1.54) is 25.3 Å². The molecule has 3 aromatic carbocycles. The van der Waals surface area contributed by atoms with Crippen LogP contribution in [0.1, 0.15) is 17.2 Å². The fraction of sp³-hybridized carbons (Fsp3) is 0.160. The van der Waals surface area contributed by atoms with Crippen molar-refractivity contribution < 1.29 is 9.13 Å². The van der Waals surface area contributed by atoms with Gasteiger partial charge in [-0.1, -0.05) is 65.7 Å². The number of aromatic nitrogens is 3. The van der Waals surface area contributed by atoms with Crippen LogP contribution in [0, 0.1) is 5.82 Å². The van der Waals surface area contributed by atoms with Crippen molar-refractivity contribution >= 4 is 23.2 Å². The van der Waals surface area contributed by atoms with E-state index in [1.54, 1.807) is 48.5 Å². The number of rotatable bonds is 7. The second-order valence-corrected chi connectivity index (χ2v) is 8.71. The van der Waals surface area contributed by atoms with Crippen LogP contribution in [0.15, 0.2) is 81.1 Å². The fourth-order valence-electron chi connectivity index (χ4n) is 3.80. The minimum absolute atomic E-state index is 0.182. The Balaban J connectivity index is 1.99. The van der Waals surface area contributed by atoms with E-state index in [0.29, 0.717) is 10.1 Å². The van der Waals surface area contributed by atoms with E-state index in [1.807, 2.05) is 0 Å². The Morgan fingerprint density at radius 1 is 0.861 bits per heavy atom. The lowest BCUT2D eigenvalue weighted by Crippen LogP contribution is -2.55. The molecule has 0 aliphatic rings. The zero-order chi connectivity index (χ0) is 26.0. The normalized spacial score (nSPS) is 11.9. The van der Waals surface area contributed by atoms with Crippen molar-refractivity contribution in [3.05, 3.63) is 125 Å². The van der Waals surface area contributed by atoms with Crippen molar-refractivity contribution in [2.24, 2.45) is 5.73 Å². The van der Waals surface area contributed by atoms with Gasteiger partial charge in [0.2, 0.25) is 0 Å². The molecule has 0 saturated carbocycles. The van der Waals surface area contributed by atoms with Crippen LogP contribution in [0.5, 0.6) is 5.75 Å². The monoisotopic (exact) mass is 530 g/mol. The van der Waals surface area contributed by atoms with E-state index in [0.717, 1.165) is 9.13 Å². The van der Waals surface area contributed by atoms with E-state index in [-0.39, 0.29) is 40.1 Å². The zero-order valence-electron chi connectivity index (χ0n) is 19.0. The molecule has 2 N–H and O–H groups in total. The quantitative estimate of drug-likeness (QED) is 0.394. The van der Waals surface area contributed by atoms with Crippen LogP contribution in [0.4, 0.5) is 4.39 Å². The fourth-order valence-corrected chi connectivity index (χ4v) is 4.32. The number of nitrogens with two attached hydrogens (primary N) is 1. The van der Waals surface area contributed by atoms with E-state index in [2.05, 4.69) is 0 Å². The Hall–Kier alpha value is -3.66. The van der Waals surface area contributed by atoms with Crippen LogP contribution in [-0.2, 0) is 13.1 Å². The molecule has 0 fully saturated rings. The van der Waals surface area contributed by atoms with Gasteiger partial charge in [-0.2, -0.15) is 0 Å². The van der Waals surface area contributed by atoms with Crippen LogP contribution in [0.2, 0.25) is 10.0 Å². The van der Waals surface area contributed by atoms with Gasteiger partial charge in [-0.3, -0.25) is 0 Å². The average molecular weight is 531 g/mol. The summed E-state index contributed by atoms with van der Waals surface area (Å²) < 4.78 is 22.3. The molecule has 186 valence electrons. The van der Waals surface area contributed by atoms with E-state index in [9.17, 15) is 14.4 Å². The molecule has 0 aliphatic heterocycles. The maximum Gasteiger partial charge on any atom is 0.341 e. The molecule has 0 bridgehead atoms. The third-order valence-electron chi connectivity index (χ3n) is 5.69. The number of hydrogen-bond acceptors (Lipinski definition) is 5. The van der Waals surface area contributed by atoms with E-state index >= 15 is 4.39 Å². The van der Waals surface area contributed by atoms with Gasteiger partial charge in [0.1, 0.15) is 0 Å². The Bertz CT molecular complexity index is 1580. The summed E-state index contributed by atoms with van der Waals surface area (Å²) in [6.07, 6.45) is 0. The van der Waals surface area contributed by atoms with Gasteiger partial charge in [0.05, 0.1) is 25.9 Å². The molecular weight excluding hydrogens is 510 g/mol. The first-order valence-corrected chi connectivity index (χ1v) is 11.5. The van der Waals surface area contributed by atoms with Gasteiger partial charge in [0.25, 0.3) is 0 Å². The minimum Gasteiger partial charge on any atom is -0.494 e. The van der Waals surface area contributed by atoms with Gasteiger partial charge in [-0.25, -0.2) is 32.5 Å². The van der Waals surface area contributed by atoms with E-state index in [4.69, 9.17) is 33.7 Å². The van der Waals surface area contributed by atoms with Crippen LogP contribution in [0.25, 0.3) is 5.69 Å². The summed E-state index contributed by atoms with van der Waals surface area (Å²) in [6.45, 7) is -0.633. The summed E-state index contributed by atoms with van der Waals surface area (Å²) in [5.74, 6) is -1.13. The number of halogens is 3. The first-order chi connectivity index (χ1) is 17.2. The second kappa shape index (κ2) is 10.5. The Labute approximate surface area is 214 Å². The molecule has 4 aromatic rings. The lowest BCUT2D eigenvalue weighted by molar-refractivity contribution is 0.384. The highest BCUT2D eigenvalue weighted by Gasteiger charge is 2.23. The largest absolute Gasteiger partial charge is 0.494 e. The third-order valence-corrected chi connectivity index (χ3v) is 6.40. The summed E-state index contributed by atoms with van der Waals surface area (Å²) in [5, 5.41) is 0.429. The first-order valence-electron chi connectivity index (χ1n) is 10.8. The van der Waals surface area contributed by atoms with Gasteiger partial charge in [-0.05, 0) is 29.8 Å². The average Bonchev–Trinajstić information content (AvgIpc) is 2.87. The molecule has 11 heteroatoms. The summed E-state index contributed by atoms with van der Waals surface area (Å²) in [5.41, 5.74) is 3.79. The molecule has 0 amide bonds. The van der Waals surface area contributed by atoms with Crippen LogP contribution >= 0.6 is 23.2 Å². The molecular formula is C25H21Cl2FN4O4. The van der Waals surface area contributed by atoms with Gasteiger partial charge in [0.15, 0.2) is 11.6 Å². The number of nitrogens with zero attached hydrogens (tertiary/aromatic N) is 3. The Morgan fingerprint density at radius 3 is 2.11 bits per heavy atom. The molecule has 1 heterocycles. The predicted octanol–water partition coefficient (Wildman–Crippen LogP) is 3.36. The summed E-state index contributed by atoms with van der Waals surface area (Å²) >= 11 is 12.5. The summed E-state index contributed by atoms with van der Waals surface area (Å²) in [6, 6.07) is 16.8. The lowest BCUT2D eigenvalue weighted by atomic mass is 10.1. The molecule has 36 heavy (non-hydrogen) atoms. The molecule has 1 aromatic heterocycles. The third kappa shape index (κ3) is 4.73. The van der Waals surface area contributed by atoms with Gasteiger partial charge < -0.3 is 10.5 Å². The van der Waals surface area contributed by atoms with Gasteiger partial charge >= 0.3 is 17.1 Å². The Morgan fingerprint density at radius 2 is 1.47 bits per heavy atom. The smallest absolute Gasteiger partial charge is 0.341 e. The van der Waals surface area contributed by atoms with Crippen LogP contribution in [-0.4, -0.2) is 20.8 Å². The van der Waals surface area contributed by atoms with Crippen molar-refractivity contribution in [3.8, 4) is 11.4 Å². The van der Waals surface area contributed by atoms with Crippen molar-refractivity contribution in [3.63, 3.8) is 0 Å². The van der Waals surface area contributed by atoms with Gasteiger partial charge in [0, 0.05) is 21.7 Å². The molecule has 1 atom stereocenters. The van der Waals surface area contributed by atoms with Gasteiger partial charge in [-0.15, -0.1) is 0 Å². The topological polar surface area (TPSA) is 101 Å². The molecule has 0 radical (unpaired) electrons. The SMILES string of the molecule is COc1cccc(-n2c(=O)n(Cc3c(Cl)cccc3Cl)c(=O)n(C[C@@H](N)c3ccccc3)c2=O)c1F. The molecule has 0 unspecified atom stereocenters. The summed E-state index contributed by atoms with van der Waals surface area (Å²) in [4.78, 5) is 40.4. The van der Waals surface area contributed by atoms with Crippen molar-refractivity contribution in [2.75, 3.05) is 7.11 Å². The molecule has 0 spiro atoms. The number of methoxy groups -OCH3 is 1. The highest BCUT2D eigenvalue weighted by atomic mass is 35.5. The van der Waals surface area contributed by atoms with E-state index < -0.39 is 28.9 Å². The number of ether oxygens (including phenoxy) is 1. The number of hydrogen-bond donors (Lipinski definition) is 1. The highest BCUT2D eigenvalue weighted by Crippen LogP contribution is 2.25. The van der Waals surface area contributed by atoms with Crippen molar-refractivity contribution in [1.29, 1.82) is 0 Å².